The van der Waals surface area contributed by atoms with E-state index in [1.54, 1.807) is 0 Å². The SMILES string of the molecule is O=C(NCC1CCCCC1O)c1ccc2c(c1)CCN2. The van der Waals surface area contributed by atoms with Crippen LogP contribution in [0, 0.1) is 5.92 Å². The summed E-state index contributed by atoms with van der Waals surface area (Å²) in [6, 6.07) is 5.82. The van der Waals surface area contributed by atoms with Crippen molar-refractivity contribution in [2.75, 3.05) is 18.4 Å². The number of rotatable bonds is 3. The van der Waals surface area contributed by atoms with Gasteiger partial charge < -0.3 is 15.7 Å². The molecule has 1 aliphatic carbocycles. The van der Waals surface area contributed by atoms with Crippen LogP contribution >= 0.6 is 0 Å². The van der Waals surface area contributed by atoms with E-state index in [0.29, 0.717) is 6.54 Å². The number of carbonyl (C=O) groups is 1. The molecule has 20 heavy (non-hydrogen) atoms. The van der Waals surface area contributed by atoms with E-state index in [-0.39, 0.29) is 17.9 Å². The van der Waals surface area contributed by atoms with Gasteiger partial charge in [-0.3, -0.25) is 4.79 Å². The van der Waals surface area contributed by atoms with E-state index in [0.717, 1.165) is 49.9 Å². The molecular formula is C16H22N2O2. The second kappa shape index (κ2) is 5.83. The van der Waals surface area contributed by atoms with Crippen molar-refractivity contribution < 1.29 is 9.90 Å². The molecule has 3 N–H and O–H groups in total. The zero-order valence-electron chi connectivity index (χ0n) is 11.7. The minimum atomic E-state index is -0.256. The molecule has 0 bridgehead atoms. The van der Waals surface area contributed by atoms with E-state index in [4.69, 9.17) is 0 Å². The summed E-state index contributed by atoms with van der Waals surface area (Å²) in [4.78, 5) is 12.2. The molecule has 1 amide bonds. The zero-order valence-corrected chi connectivity index (χ0v) is 11.7. The highest BCUT2D eigenvalue weighted by Gasteiger charge is 2.23. The first-order valence-electron chi connectivity index (χ1n) is 7.57. The number of hydrogen-bond donors (Lipinski definition) is 3. The van der Waals surface area contributed by atoms with Crippen LogP contribution in [-0.2, 0) is 6.42 Å². The zero-order chi connectivity index (χ0) is 13.9. The summed E-state index contributed by atoms with van der Waals surface area (Å²) in [5.74, 6) is 0.182. The van der Waals surface area contributed by atoms with E-state index in [1.165, 1.54) is 5.56 Å². The van der Waals surface area contributed by atoms with Crippen LogP contribution in [0.25, 0.3) is 0 Å². The van der Waals surface area contributed by atoms with Gasteiger partial charge in [-0.25, -0.2) is 0 Å². The van der Waals surface area contributed by atoms with E-state index >= 15 is 0 Å². The fourth-order valence-corrected chi connectivity index (χ4v) is 3.20. The predicted octanol–water partition coefficient (Wildman–Crippen LogP) is 1.94. The third-order valence-electron chi connectivity index (χ3n) is 4.47. The highest BCUT2D eigenvalue weighted by atomic mass is 16.3. The maximum Gasteiger partial charge on any atom is 0.251 e. The molecule has 1 fully saturated rings. The van der Waals surface area contributed by atoms with E-state index in [9.17, 15) is 9.90 Å². The molecule has 1 aromatic carbocycles. The molecule has 1 aromatic rings. The number of anilines is 1. The van der Waals surface area contributed by atoms with Gasteiger partial charge in [-0.2, -0.15) is 0 Å². The molecule has 4 heteroatoms. The number of hydrogen-bond acceptors (Lipinski definition) is 3. The van der Waals surface area contributed by atoms with Crippen LogP contribution in [0.2, 0.25) is 0 Å². The van der Waals surface area contributed by atoms with Crippen molar-refractivity contribution in [2.45, 2.75) is 38.2 Å². The lowest BCUT2D eigenvalue weighted by Crippen LogP contribution is -2.36. The van der Waals surface area contributed by atoms with Crippen molar-refractivity contribution in [1.82, 2.24) is 5.32 Å². The summed E-state index contributed by atoms with van der Waals surface area (Å²) in [5.41, 5.74) is 3.08. The number of amides is 1. The quantitative estimate of drug-likeness (QED) is 0.789. The van der Waals surface area contributed by atoms with Gasteiger partial charge in [0.15, 0.2) is 0 Å². The van der Waals surface area contributed by atoms with E-state index < -0.39 is 0 Å². The minimum absolute atomic E-state index is 0.0301. The summed E-state index contributed by atoms with van der Waals surface area (Å²) in [7, 11) is 0. The number of aliphatic hydroxyl groups is 1. The van der Waals surface area contributed by atoms with Crippen molar-refractivity contribution in [3.05, 3.63) is 29.3 Å². The maximum absolute atomic E-state index is 12.2. The predicted molar refractivity (Wildman–Crippen MR) is 78.9 cm³/mol. The fourth-order valence-electron chi connectivity index (χ4n) is 3.20. The van der Waals surface area contributed by atoms with Crippen molar-refractivity contribution in [1.29, 1.82) is 0 Å². The van der Waals surface area contributed by atoms with Crippen molar-refractivity contribution in [3.8, 4) is 0 Å². The van der Waals surface area contributed by atoms with Crippen LogP contribution in [-0.4, -0.2) is 30.2 Å². The van der Waals surface area contributed by atoms with Gasteiger partial charge in [-0.05, 0) is 43.0 Å². The number of nitrogens with one attached hydrogen (secondary N) is 2. The molecule has 108 valence electrons. The molecule has 0 spiro atoms. The molecule has 1 saturated carbocycles. The first-order valence-corrected chi connectivity index (χ1v) is 7.57. The average molecular weight is 274 g/mol. The Morgan fingerprint density at radius 2 is 2.20 bits per heavy atom. The number of fused-ring (bicyclic) bond motifs is 1. The first-order chi connectivity index (χ1) is 9.74. The van der Waals surface area contributed by atoms with Gasteiger partial charge >= 0.3 is 0 Å². The fraction of sp³-hybridized carbons (Fsp3) is 0.562. The molecule has 1 heterocycles. The van der Waals surface area contributed by atoms with Gasteiger partial charge in [0, 0.05) is 30.3 Å². The summed E-state index contributed by atoms with van der Waals surface area (Å²) in [6.07, 6.45) is 4.86. The molecule has 2 aliphatic rings. The van der Waals surface area contributed by atoms with Gasteiger partial charge in [0.25, 0.3) is 5.91 Å². The van der Waals surface area contributed by atoms with Crippen molar-refractivity contribution in [2.24, 2.45) is 5.92 Å². The van der Waals surface area contributed by atoms with Gasteiger partial charge in [0.2, 0.25) is 0 Å². The summed E-state index contributed by atoms with van der Waals surface area (Å²) >= 11 is 0. The molecule has 2 unspecified atom stereocenters. The minimum Gasteiger partial charge on any atom is -0.393 e. The summed E-state index contributed by atoms with van der Waals surface area (Å²) < 4.78 is 0. The molecule has 1 aliphatic heterocycles. The van der Waals surface area contributed by atoms with Crippen LogP contribution in [0.3, 0.4) is 0 Å². The number of carbonyl (C=O) groups excluding carboxylic acids is 1. The molecule has 2 atom stereocenters. The lowest BCUT2D eigenvalue weighted by atomic mass is 9.86. The van der Waals surface area contributed by atoms with Crippen molar-refractivity contribution >= 4 is 11.6 Å². The topological polar surface area (TPSA) is 61.4 Å². The lowest BCUT2D eigenvalue weighted by Gasteiger charge is -2.27. The number of aliphatic hydroxyl groups excluding tert-OH is 1. The largest absolute Gasteiger partial charge is 0.393 e. The molecular weight excluding hydrogens is 252 g/mol. The first kappa shape index (κ1) is 13.4. The molecule has 0 aromatic heterocycles. The third kappa shape index (κ3) is 2.80. The Morgan fingerprint density at radius 3 is 3.05 bits per heavy atom. The second-order valence-corrected chi connectivity index (χ2v) is 5.87. The second-order valence-electron chi connectivity index (χ2n) is 5.87. The smallest absolute Gasteiger partial charge is 0.251 e. The third-order valence-corrected chi connectivity index (χ3v) is 4.47. The van der Waals surface area contributed by atoms with Gasteiger partial charge in [0.1, 0.15) is 0 Å². The normalized spacial score (nSPS) is 24.9. The Balaban J connectivity index is 1.59. The Morgan fingerprint density at radius 1 is 1.35 bits per heavy atom. The monoisotopic (exact) mass is 274 g/mol. The highest BCUT2D eigenvalue weighted by molar-refractivity contribution is 5.95. The van der Waals surface area contributed by atoms with Crippen LogP contribution in [0.1, 0.15) is 41.6 Å². The summed E-state index contributed by atoms with van der Waals surface area (Å²) in [6.45, 7) is 1.53. The Labute approximate surface area is 119 Å². The van der Waals surface area contributed by atoms with Crippen LogP contribution < -0.4 is 10.6 Å². The van der Waals surface area contributed by atoms with Gasteiger partial charge in [-0.1, -0.05) is 12.8 Å². The summed E-state index contributed by atoms with van der Waals surface area (Å²) in [5, 5.41) is 16.2. The van der Waals surface area contributed by atoms with Gasteiger partial charge in [0.05, 0.1) is 6.10 Å². The van der Waals surface area contributed by atoms with Crippen LogP contribution in [0.15, 0.2) is 18.2 Å². The number of benzene rings is 1. The van der Waals surface area contributed by atoms with E-state index in [2.05, 4.69) is 10.6 Å². The lowest BCUT2D eigenvalue weighted by molar-refractivity contribution is 0.0663. The van der Waals surface area contributed by atoms with E-state index in [1.807, 2.05) is 18.2 Å². The Bertz CT molecular complexity index is 501. The molecule has 0 saturated heterocycles. The standard InChI is InChI=1S/C16H22N2O2/c19-15-4-2-1-3-13(15)10-18-16(20)12-5-6-14-11(9-12)7-8-17-14/h5-6,9,13,15,17,19H,1-4,7-8,10H2,(H,18,20). The van der Waals surface area contributed by atoms with Crippen LogP contribution in [0.4, 0.5) is 5.69 Å². The Hall–Kier alpha value is -1.55. The highest BCUT2D eigenvalue weighted by Crippen LogP contribution is 2.25. The maximum atomic E-state index is 12.2. The Kier molecular flexibility index (Phi) is 3.92. The van der Waals surface area contributed by atoms with Crippen LogP contribution in [0.5, 0.6) is 0 Å². The van der Waals surface area contributed by atoms with Gasteiger partial charge in [-0.15, -0.1) is 0 Å². The van der Waals surface area contributed by atoms with Crippen molar-refractivity contribution in [3.63, 3.8) is 0 Å². The molecule has 0 radical (unpaired) electrons. The molecule has 3 rings (SSSR count). The molecule has 4 nitrogen and oxygen atoms in total. The average Bonchev–Trinajstić information content (AvgIpc) is 2.93.